The molecule has 9 nitrogen and oxygen atoms in total. The molecular formula is C24H23N3O6. The maximum absolute atomic E-state index is 13.1. The average Bonchev–Trinajstić information content (AvgIpc) is 3.32. The molecule has 3 aromatic rings. The van der Waals surface area contributed by atoms with E-state index in [0.717, 1.165) is 0 Å². The number of anilines is 1. The predicted molar refractivity (Wildman–Crippen MR) is 119 cm³/mol. The van der Waals surface area contributed by atoms with Gasteiger partial charge in [-0.05, 0) is 43.3 Å². The topological polar surface area (TPSA) is 110 Å². The van der Waals surface area contributed by atoms with Crippen molar-refractivity contribution in [1.82, 2.24) is 10.4 Å². The largest absolute Gasteiger partial charge is 0.493 e. The van der Waals surface area contributed by atoms with Crippen molar-refractivity contribution in [1.29, 1.82) is 0 Å². The summed E-state index contributed by atoms with van der Waals surface area (Å²) >= 11 is 0. The maximum Gasteiger partial charge on any atom is 0.285 e. The molecule has 1 saturated heterocycles. The minimum atomic E-state index is -0.854. The smallest absolute Gasteiger partial charge is 0.285 e. The monoisotopic (exact) mass is 449 g/mol. The molecule has 0 aliphatic carbocycles. The number of para-hydroxylation sites is 1. The van der Waals surface area contributed by atoms with E-state index in [1.807, 2.05) is 6.07 Å². The number of benzene rings is 2. The molecule has 2 N–H and O–H groups in total. The summed E-state index contributed by atoms with van der Waals surface area (Å²) < 4.78 is 16.9. The van der Waals surface area contributed by atoms with Gasteiger partial charge >= 0.3 is 0 Å². The standard InChI is InChI=1S/C24H23N3O6/c1-3-31-20-14-16(25-15(2)28)11-12-18(20)23(29)26-27-21(19-10-7-13-32-19)22(24(27)30)33-17-8-5-4-6-9-17/h4-14,21-22H,3H2,1-2H3,(H,25,28)(H,26,29)/t21-,22-/m1/s1. The van der Waals surface area contributed by atoms with Crippen LogP contribution in [0.25, 0.3) is 0 Å². The van der Waals surface area contributed by atoms with E-state index in [-0.39, 0.29) is 17.2 Å². The van der Waals surface area contributed by atoms with Gasteiger partial charge in [-0.25, -0.2) is 5.01 Å². The zero-order chi connectivity index (χ0) is 23.4. The van der Waals surface area contributed by atoms with Gasteiger partial charge in [-0.1, -0.05) is 18.2 Å². The number of nitrogens with one attached hydrogen (secondary N) is 2. The number of furan rings is 1. The highest BCUT2D eigenvalue weighted by Crippen LogP contribution is 2.37. The Morgan fingerprint density at radius 2 is 1.88 bits per heavy atom. The van der Waals surface area contributed by atoms with E-state index in [9.17, 15) is 14.4 Å². The van der Waals surface area contributed by atoms with Crippen molar-refractivity contribution >= 4 is 23.4 Å². The first-order valence-corrected chi connectivity index (χ1v) is 10.4. The zero-order valence-corrected chi connectivity index (χ0v) is 18.1. The summed E-state index contributed by atoms with van der Waals surface area (Å²) in [4.78, 5) is 37.3. The Morgan fingerprint density at radius 1 is 1.09 bits per heavy atom. The minimum Gasteiger partial charge on any atom is -0.493 e. The predicted octanol–water partition coefficient (Wildman–Crippen LogP) is 3.31. The number of ether oxygens (including phenoxy) is 2. The number of carbonyl (C=O) groups is 3. The lowest BCUT2D eigenvalue weighted by molar-refractivity contribution is -0.170. The van der Waals surface area contributed by atoms with Crippen LogP contribution in [-0.2, 0) is 9.59 Å². The first kappa shape index (κ1) is 21.9. The van der Waals surface area contributed by atoms with E-state index in [4.69, 9.17) is 13.9 Å². The summed E-state index contributed by atoms with van der Waals surface area (Å²) in [6.45, 7) is 3.48. The van der Waals surface area contributed by atoms with Crippen LogP contribution < -0.4 is 20.2 Å². The van der Waals surface area contributed by atoms with Gasteiger partial charge < -0.3 is 19.2 Å². The Labute approximate surface area is 190 Å². The Balaban J connectivity index is 1.55. The molecule has 1 fully saturated rings. The Hall–Kier alpha value is -4.27. The van der Waals surface area contributed by atoms with Crippen LogP contribution in [0.3, 0.4) is 0 Å². The quantitative estimate of drug-likeness (QED) is 0.511. The molecule has 0 unspecified atom stereocenters. The molecule has 170 valence electrons. The van der Waals surface area contributed by atoms with E-state index >= 15 is 0 Å². The van der Waals surface area contributed by atoms with E-state index in [1.54, 1.807) is 55.5 Å². The lowest BCUT2D eigenvalue weighted by atomic mass is 9.97. The normalized spacial score (nSPS) is 17.2. The number of hydrazine groups is 1. The number of nitrogens with zero attached hydrogens (tertiary/aromatic N) is 1. The van der Waals surface area contributed by atoms with E-state index in [2.05, 4.69) is 10.7 Å². The molecule has 3 amide bonds. The second kappa shape index (κ2) is 9.47. The van der Waals surface area contributed by atoms with Gasteiger partial charge in [-0.2, -0.15) is 0 Å². The fraction of sp³-hybridized carbons (Fsp3) is 0.208. The molecule has 0 bridgehead atoms. The third kappa shape index (κ3) is 4.67. The van der Waals surface area contributed by atoms with Gasteiger partial charge in [0.25, 0.3) is 11.8 Å². The second-order valence-electron chi connectivity index (χ2n) is 7.29. The molecule has 0 radical (unpaired) electrons. The van der Waals surface area contributed by atoms with Gasteiger partial charge in [0, 0.05) is 18.7 Å². The van der Waals surface area contributed by atoms with E-state index < -0.39 is 24.0 Å². The number of carbonyl (C=O) groups excluding carboxylic acids is 3. The first-order chi connectivity index (χ1) is 16.0. The maximum atomic E-state index is 13.1. The van der Waals surface area contributed by atoms with Crippen molar-refractivity contribution < 1.29 is 28.3 Å². The Kier molecular flexibility index (Phi) is 6.30. The average molecular weight is 449 g/mol. The highest BCUT2D eigenvalue weighted by Gasteiger charge is 2.53. The van der Waals surface area contributed by atoms with Crippen LogP contribution in [0.1, 0.15) is 36.0 Å². The van der Waals surface area contributed by atoms with Crippen molar-refractivity contribution in [3.63, 3.8) is 0 Å². The number of hydrogen-bond donors (Lipinski definition) is 2. The zero-order valence-electron chi connectivity index (χ0n) is 18.1. The van der Waals surface area contributed by atoms with Crippen LogP contribution >= 0.6 is 0 Å². The van der Waals surface area contributed by atoms with Crippen LogP contribution in [0.15, 0.2) is 71.3 Å². The molecule has 1 aliphatic heterocycles. The summed E-state index contributed by atoms with van der Waals surface area (Å²) in [6.07, 6.45) is 0.637. The van der Waals surface area contributed by atoms with Gasteiger partial charge in [0.2, 0.25) is 12.0 Å². The summed E-state index contributed by atoms with van der Waals surface area (Å²) in [7, 11) is 0. The van der Waals surface area contributed by atoms with Crippen molar-refractivity contribution in [2.45, 2.75) is 26.0 Å². The number of amides is 3. The summed E-state index contributed by atoms with van der Waals surface area (Å²) in [5.41, 5.74) is 3.34. The molecule has 1 aromatic heterocycles. The molecule has 9 heteroatoms. The highest BCUT2D eigenvalue weighted by molar-refractivity contribution is 6.00. The number of β-lactam (4-membered cyclic amide) rings is 1. The van der Waals surface area contributed by atoms with Gasteiger partial charge in [-0.15, -0.1) is 0 Å². The number of rotatable bonds is 8. The fourth-order valence-corrected chi connectivity index (χ4v) is 3.52. The van der Waals surface area contributed by atoms with Crippen molar-refractivity contribution in [3.8, 4) is 11.5 Å². The summed E-state index contributed by atoms with van der Waals surface area (Å²) in [5.74, 6) is 0.0807. The molecule has 0 saturated carbocycles. The van der Waals surface area contributed by atoms with Crippen molar-refractivity contribution in [2.75, 3.05) is 11.9 Å². The molecule has 0 spiro atoms. The Morgan fingerprint density at radius 3 is 2.55 bits per heavy atom. The van der Waals surface area contributed by atoms with Gasteiger partial charge in [0.15, 0.2) is 6.04 Å². The summed E-state index contributed by atoms with van der Waals surface area (Å²) in [5, 5.41) is 3.84. The molecule has 2 atom stereocenters. The molecule has 33 heavy (non-hydrogen) atoms. The van der Waals surface area contributed by atoms with Crippen LogP contribution in [0.2, 0.25) is 0 Å². The fourth-order valence-electron chi connectivity index (χ4n) is 3.52. The van der Waals surface area contributed by atoms with Crippen molar-refractivity contribution in [2.24, 2.45) is 0 Å². The Bertz CT molecular complexity index is 1150. The third-order valence-electron chi connectivity index (χ3n) is 4.96. The molecule has 2 aromatic carbocycles. The lowest BCUT2D eigenvalue weighted by Gasteiger charge is -2.44. The molecular weight excluding hydrogens is 426 g/mol. The van der Waals surface area contributed by atoms with E-state index in [0.29, 0.717) is 23.8 Å². The minimum absolute atomic E-state index is 0.212. The van der Waals surface area contributed by atoms with Gasteiger partial charge in [0.05, 0.1) is 18.4 Å². The highest BCUT2D eigenvalue weighted by atomic mass is 16.5. The van der Waals surface area contributed by atoms with Crippen LogP contribution in [-0.4, -0.2) is 35.4 Å². The van der Waals surface area contributed by atoms with Gasteiger partial charge in [0.1, 0.15) is 17.3 Å². The molecule has 4 rings (SSSR count). The van der Waals surface area contributed by atoms with Gasteiger partial charge in [-0.3, -0.25) is 19.8 Å². The second-order valence-corrected chi connectivity index (χ2v) is 7.29. The summed E-state index contributed by atoms with van der Waals surface area (Å²) in [6, 6.07) is 16.4. The van der Waals surface area contributed by atoms with Crippen LogP contribution in [0.5, 0.6) is 11.5 Å². The van der Waals surface area contributed by atoms with Crippen LogP contribution in [0.4, 0.5) is 5.69 Å². The third-order valence-corrected chi connectivity index (χ3v) is 4.96. The lowest BCUT2D eigenvalue weighted by Crippen LogP contribution is -2.66. The SMILES string of the molecule is CCOc1cc(NC(C)=O)ccc1C(=O)NN1C(=O)[C@H](Oc2ccccc2)[C@H]1c1ccco1. The van der Waals surface area contributed by atoms with Crippen molar-refractivity contribution in [3.05, 3.63) is 78.3 Å². The van der Waals surface area contributed by atoms with E-state index in [1.165, 1.54) is 24.3 Å². The molecule has 2 heterocycles. The first-order valence-electron chi connectivity index (χ1n) is 10.4. The number of hydrogen-bond acceptors (Lipinski definition) is 6. The van der Waals surface area contributed by atoms with Crippen LogP contribution in [0, 0.1) is 0 Å². The molecule has 1 aliphatic rings.